The molecule has 3 rings (SSSR count). The summed E-state index contributed by atoms with van der Waals surface area (Å²) in [6.45, 7) is 4.06. The average Bonchev–Trinajstić information content (AvgIpc) is 2.69. The van der Waals surface area contributed by atoms with Gasteiger partial charge in [0.15, 0.2) is 11.5 Å². The van der Waals surface area contributed by atoms with Crippen molar-refractivity contribution in [3.05, 3.63) is 87.7 Å². The zero-order chi connectivity index (χ0) is 19.1. The molecule has 0 bridgehead atoms. The molecule has 148 valence electrons. The van der Waals surface area contributed by atoms with E-state index in [-0.39, 0.29) is 12.4 Å². The number of rotatable bonds is 8. The third-order valence-electron chi connectivity index (χ3n) is 4.17. The highest BCUT2D eigenvalue weighted by Crippen LogP contribution is 2.37. The number of nitrogens with zero attached hydrogens (tertiary/aromatic N) is 1. The summed E-state index contributed by atoms with van der Waals surface area (Å²) in [7, 11) is 1.66. The molecular formula is C22H23BrClN2O2-. The topological polar surface area (TPSA) is 43.4 Å². The highest BCUT2D eigenvalue weighted by molar-refractivity contribution is 9.10. The molecule has 1 heterocycles. The summed E-state index contributed by atoms with van der Waals surface area (Å²) in [5.41, 5.74) is 4.63. The molecule has 28 heavy (non-hydrogen) atoms. The lowest BCUT2D eigenvalue weighted by atomic mass is 10.1. The summed E-state index contributed by atoms with van der Waals surface area (Å²) in [6, 6.07) is 16.4. The number of hydrogen-bond acceptors (Lipinski definition) is 4. The van der Waals surface area contributed by atoms with Gasteiger partial charge in [-0.1, -0.05) is 35.9 Å². The fourth-order valence-corrected chi connectivity index (χ4v) is 3.31. The maximum atomic E-state index is 6.01. The van der Waals surface area contributed by atoms with Crippen molar-refractivity contribution in [2.75, 3.05) is 7.11 Å². The van der Waals surface area contributed by atoms with Crippen LogP contribution in [0.3, 0.4) is 0 Å². The first-order chi connectivity index (χ1) is 13.2. The van der Waals surface area contributed by atoms with Crippen LogP contribution in [0.5, 0.6) is 11.5 Å². The van der Waals surface area contributed by atoms with Gasteiger partial charge in [0.25, 0.3) is 0 Å². The number of aryl methyl sites for hydroxylation is 1. The zero-order valence-corrected chi connectivity index (χ0v) is 18.3. The van der Waals surface area contributed by atoms with E-state index >= 15 is 0 Å². The maximum Gasteiger partial charge on any atom is 0.175 e. The van der Waals surface area contributed by atoms with Gasteiger partial charge in [-0.3, -0.25) is 4.98 Å². The highest BCUT2D eigenvalue weighted by Gasteiger charge is 2.12. The highest BCUT2D eigenvalue weighted by atomic mass is 79.9. The van der Waals surface area contributed by atoms with Gasteiger partial charge in [-0.15, -0.1) is 0 Å². The van der Waals surface area contributed by atoms with Crippen LogP contribution in [0.1, 0.15) is 22.3 Å². The molecule has 2 aromatic carbocycles. The van der Waals surface area contributed by atoms with E-state index in [1.54, 1.807) is 13.3 Å². The van der Waals surface area contributed by atoms with Crippen molar-refractivity contribution < 1.29 is 21.9 Å². The number of nitrogens with one attached hydrogen (secondary N) is 1. The normalized spacial score (nSPS) is 10.2. The van der Waals surface area contributed by atoms with Crippen molar-refractivity contribution in [1.82, 2.24) is 10.3 Å². The van der Waals surface area contributed by atoms with Crippen LogP contribution < -0.4 is 27.2 Å². The quantitative estimate of drug-likeness (QED) is 0.556. The number of aromatic nitrogens is 1. The minimum Gasteiger partial charge on any atom is -1.00 e. The van der Waals surface area contributed by atoms with Gasteiger partial charge in [-0.25, -0.2) is 0 Å². The molecule has 0 amide bonds. The van der Waals surface area contributed by atoms with Crippen molar-refractivity contribution in [3.8, 4) is 11.5 Å². The summed E-state index contributed by atoms with van der Waals surface area (Å²) in [5.74, 6) is 1.43. The van der Waals surface area contributed by atoms with Crippen LogP contribution in [0.2, 0.25) is 0 Å². The number of benzene rings is 2. The maximum absolute atomic E-state index is 6.01. The lowest BCUT2D eigenvalue weighted by molar-refractivity contribution is -0.00000606. The number of pyridine rings is 1. The molecule has 0 saturated heterocycles. The SMILES string of the molecule is COc1cc(CNCc2cccnc2)cc(Br)c1OCc1ccc(C)cc1.[Cl-]. The summed E-state index contributed by atoms with van der Waals surface area (Å²) in [5, 5.41) is 3.42. The summed E-state index contributed by atoms with van der Waals surface area (Å²) < 4.78 is 12.4. The number of ether oxygens (including phenoxy) is 2. The Hall–Kier alpha value is -2.08. The zero-order valence-electron chi connectivity index (χ0n) is 15.9. The molecule has 0 unspecified atom stereocenters. The molecule has 1 N–H and O–H groups in total. The Balaban J connectivity index is 0.00000280. The number of methoxy groups -OCH3 is 1. The first-order valence-electron chi connectivity index (χ1n) is 8.80. The van der Waals surface area contributed by atoms with E-state index < -0.39 is 0 Å². The third kappa shape index (κ3) is 6.23. The summed E-state index contributed by atoms with van der Waals surface area (Å²) >= 11 is 3.62. The van der Waals surface area contributed by atoms with Crippen molar-refractivity contribution >= 4 is 15.9 Å². The predicted molar refractivity (Wildman–Crippen MR) is 111 cm³/mol. The predicted octanol–water partition coefficient (Wildman–Crippen LogP) is 2.03. The van der Waals surface area contributed by atoms with E-state index in [9.17, 15) is 0 Å². The fraction of sp³-hybridized carbons (Fsp3) is 0.227. The Labute approximate surface area is 180 Å². The molecule has 0 aliphatic rings. The van der Waals surface area contributed by atoms with Gasteiger partial charge >= 0.3 is 0 Å². The molecule has 0 aliphatic carbocycles. The smallest absolute Gasteiger partial charge is 0.175 e. The van der Waals surface area contributed by atoms with Crippen LogP contribution in [0.4, 0.5) is 0 Å². The number of hydrogen-bond donors (Lipinski definition) is 1. The molecule has 1 aromatic heterocycles. The second kappa shape index (κ2) is 11.1. The summed E-state index contributed by atoms with van der Waals surface area (Å²) in [6.07, 6.45) is 3.65. The minimum atomic E-state index is 0. The first kappa shape index (κ1) is 22.2. The van der Waals surface area contributed by atoms with Crippen molar-refractivity contribution in [2.45, 2.75) is 26.6 Å². The Bertz CT molecular complexity index is 874. The van der Waals surface area contributed by atoms with Crippen LogP contribution in [-0.2, 0) is 19.7 Å². The second-order valence-corrected chi connectivity index (χ2v) is 7.20. The van der Waals surface area contributed by atoms with Gasteiger partial charge in [-0.2, -0.15) is 0 Å². The lowest BCUT2D eigenvalue weighted by Gasteiger charge is -2.15. The van der Waals surface area contributed by atoms with Crippen LogP contribution in [0.25, 0.3) is 0 Å². The molecule has 0 aliphatic heterocycles. The van der Waals surface area contributed by atoms with E-state index in [1.165, 1.54) is 5.56 Å². The molecule has 0 fully saturated rings. The Morgan fingerprint density at radius 1 is 1.00 bits per heavy atom. The first-order valence-corrected chi connectivity index (χ1v) is 9.59. The minimum absolute atomic E-state index is 0. The molecule has 3 aromatic rings. The Morgan fingerprint density at radius 2 is 1.75 bits per heavy atom. The van der Waals surface area contributed by atoms with E-state index in [0.29, 0.717) is 12.4 Å². The fourth-order valence-electron chi connectivity index (χ4n) is 2.71. The van der Waals surface area contributed by atoms with Crippen LogP contribution in [0.15, 0.2) is 65.4 Å². The molecule has 0 radical (unpaired) electrons. The summed E-state index contributed by atoms with van der Waals surface area (Å²) in [4.78, 5) is 4.13. The standard InChI is InChI=1S/C22H23BrN2O2.ClH/c1-16-5-7-17(8-6-16)15-27-22-20(23)10-19(11-21(22)26-2)14-25-13-18-4-3-9-24-12-18;/h3-12,25H,13-15H2,1-2H3;1H/p-1. The van der Waals surface area contributed by atoms with E-state index in [0.717, 1.165) is 40.0 Å². The van der Waals surface area contributed by atoms with Gasteiger partial charge < -0.3 is 27.2 Å². The lowest BCUT2D eigenvalue weighted by Crippen LogP contribution is -3.00. The van der Waals surface area contributed by atoms with E-state index in [2.05, 4.69) is 69.6 Å². The number of halogens is 2. The molecular weight excluding hydrogens is 440 g/mol. The molecule has 6 heteroatoms. The molecule has 0 spiro atoms. The van der Waals surface area contributed by atoms with Crippen molar-refractivity contribution in [2.24, 2.45) is 0 Å². The molecule has 0 atom stereocenters. The third-order valence-corrected chi connectivity index (χ3v) is 4.76. The van der Waals surface area contributed by atoms with Gasteiger partial charge in [0.2, 0.25) is 0 Å². The van der Waals surface area contributed by atoms with Gasteiger partial charge in [0.1, 0.15) is 6.61 Å². The Morgan fingerprint density at radius 3 is 2.43 bits per heavy atom. The van der Waals surface area contributed by atoms with Crippen LogP contribution in [0, 0.1) is 6.92 Å². The molecule has 4 nitrogen and oxygen atoms in total. The van der Waals surface area contributed by atoms with Crippen molar-refractivity contribution in [1.29, 1.82) is 0 Å². The van der Waals surface area contributed by atoms with Gasteiger partial charge in [0, 0.05) is 25.5 Å². The largest absolute Gasteiger partial charge is 1.00 e. The van der Waals surface area contributed by atoms with Crippen LogP contribution >= 0.6 is 15.9 Å². The van der Waals surface area contributed by atoms with Gasteiger partial charge in [0.05, 0.1) is 11.6 Å². The monoisotopic (exact) mass is 461 g/mol. The Kier molecular flexibility index (Phi) is 8.77. The second-order valence-electron chi connectivity index (χ2n) is 6.35. The van der Waals surface area contributed by atoms with Gasteiger partial charge in [-0.05, 0) is 57.7 Å². The average molecular weight is 463 g/mol. The van der Waals surface area contributed by atoms with Crippen molar-refractivity contribution in [3.63, 3.8) is 0 Å². The molecule has 0 saturated carbocycles. The van der Waals surface area contributed by atoms with E-state index in [4.69, 9.17) is 9.47 Å². The van der Waals surface area contributed by atoms with Crippen LogP contribution in [-0.4, -0.2) is 12.1 Å². The van der Waals surface area contributed by atoms with E-state index in [1.807, 2.05) is 18.3 Å².